The molecule has 2 amide bonds. The summed E-state index contributed by atoms with van der Waals surface area (Å²) in [6.07, 6.45) is 3.08. The van der Waals surface area contributed by atoms with Crippen molar-refractivity contribution in [1.82, 2.24) is 20.0 Å². The van der Waals surface area contributed by atoms with Gasteiger partial charge < -0.3 is 19.9 Å². The maximum absolute atomic E-state index is 13.0. The highest BCUT2D eigenvalue weighted by atomic mass is 16.5. The maximum atomic E-state index is 13.0. The second-order valence-corrected chi connectivity index (χ2v) is 7.14. The number of likely N-dealkylation sites (tertiary alicyclic amines) is 1. The van der Waals surface area contributed by atoms with Gasteiger partial charge in [0, 0.05) is 46.9 Å². The molecule has 1 N–H and O–H groups in total. The third-order valence-corrected chi connectivity index (χ3v) is 5.32. The molecule has 0 saturated carbocycles. The molecular formula is C17H32N4O3. The molecule has 0 aliphatic carbocycles. The number of nitrogens with one attached hydrogen (secondary N) is 1. The Morgan fingerprint density at radius 1 is 1.21 bits per heavy atom. The summed E-state index contributed by atoms with van der Waals surface area (Å²) in [7, 11) is 7.54. The number of rotatable bonds is 6. The van der Waals surface area contributed by atoms with E-state index in [1.165, 1.54) is 0 Å². The van der Waals surface area contributed by atoms with Gasteiger partial charge in [-0.25, -0.2) is 0 Å². The van der Waals surface area contributed by atoms with E-state index in [0.29, 0.717) is 32.6 Å². The zero-order valence-electron chi connectivity index (χ0n) is 15.5. The summed E-state index contributed by atoms with van der Waals surface area (Å²) < 4.78 is 5.48. The van der Waals surface area contributed by atoms with Gasteiger partial charge in [-0.05, 0) is 39.8 Å². The molecule has 0 spiro atoms. The van der Waals surface area contributed by atoms with Gasteiger partial charge in [-0.2, -0.15) is 0 Å². The highest BCUT2D eigenvalue weighted by Gasteiger charge is 2.50. The van der Waals surface area contributed by atoms with Gasteiger partial charge in [0.15, 0.2) is 0 Å². The van der Waals surface area contributed by atoms with Gasteiger partial charge in [0.05, 0.1) is 6.04 Å². The van der Waals surface area contributed by atoms with Crippen molar-refractivity contribution in [3.05, 3.63) is 0 Å². The number of hydrogen-bond acceptors (Lipinski definition) is 5. The Balaban J connectivity index is 2.15. The topological polar surface area (TPSA) is 65.1 Å². The first-order chi connectivity index (χ1) is 11.4. The molecule has 2 fully saturated rings. The van der Waals surface area contributed by atoms with Crippen LogP contribution in [0.4, 0.5) is 0 Å². The van der Waals surface area contributed by atoms with Crippen LogP contribution < -0.4 is 5.32 Å². The van der Waals surface area contributed by atoms with E-state index < -0.39 is 5.54 Å². The highest BCUT2D eigenvalue weighted by molar-refractivity contribution is 5.88. The molecule has 0 aromatic heterocycles. The van der Waals surface area contributed by atoms with Crippen LogP contribution in [-0.2, 0) is 14.3 Å². The minimum Gasteiger partial charge on any atom is -0.381 e. The zero-order chi connectivity index (χ0) is 17.7. The fraction of sp³-hybridized carbons (Fsp3) is 0.882. The predicted molar refractivity (Wildman–Crippen MR) is 92.8 cm³/mol. The Morgan fingerprint density at radius 3 is 2.46 bits per heavy atom. The van der Waals surface area contributed by atoms with Gasteiger partial charge in [0.2, 0.25) is 11.8 Å². The lowest BCUT2D eigenvalue weighted by molar-refractivity contribution is -0.148. The molecule has 2 heterocycles. The van der Waals surface area contributed by atoms with Crippen LogP contribution in [0, 0.1) is 0 Å². The van der Waals surface area contributed by atoms with Gasteiger partial charge in [0.25, 0.3) is 0 Å². The monoisotopic (exact) mass is 340 g/mol. The lowest BCUT2D eigenvalue weighted by atomic mass is 9.86. The van der Waals surface area contributed by atoms with E-state index in [9.17, 15) is 9.59 Å². The number of carbonyl (C=O) groups excluding carboxylic acids is 2. The van der Waals surface area contributed by atoms with E-state index in [4.69, 9.17) is 4.74 Å². The Bertz CT molecular complexity index is 449. The van der Waals surface area contributed by atoms with Gasteiger partial charge in [-0.3, -0.25) is 14.5 Å². The number of ether oxygens (including phenoxy) is 1. The van der Waals surface area contributed by atoms with Gasteiger partial charge >= 0.3 is 0 Å². The minimum absolute atomic E-state index is 0.0152. The molecule has 7 nitrogen and oxygen atoms in total. The van der Waals surface area contributed by atoms with Crippen LogP contribution in [0.5, 0.6) is 0 Å². The van der Waals surface area contributed by atoms with E-state index in [1.54, 1.807) is 11.9 Å². The predicted octanol–water partition coefficient (Wildman–Crippen LogP) is -0.234. The Kier molecular flexibility index (Phi) is 6.60. The van der Waals surface area contributed by atoms with Gasteiger partial charge in [-0.1, -0.05) is 0 Å². The molecule has 138 valence electrons. The van der Waals surface area contributed by atoms with Crippen molar-refractivity contribution in [2.45, 2.75) is 37.3 Å². The molecule has 7 heteroatoms. The first kappa shape index (κ1) is 19.1. The van der Waals surface area contributed by atoms with Crippen LogP contribution in [0.2, 0.25) is 0 Å². The third-order valence-electron chi connectivity index (χ3n) is 5.32. The fourth-order valence-corrected chi connectivity index (χ4v) is 3.84. The average molecular weight is 340 g/mol. The van der Waals surface area contributed by atoms with E-state index in [-0.39, 0.29) is 17.9 Å². The van der Waals surface area contributed by atoms with Crippen LogP contribution in [0.15, 0.2) is 0 Å². The second kappa shape index (κ2) is 8.27. The van der Waals surface area contributed by atoms with Crippen molar-refractivity contribution in [1.29, 1.82) is 0 Å². The highest BCUT2D eigenvalue weighted by Crippen LogP contribution is 2.35. The number of carbonyl (C=O) groups is 2. The molecule has 0 aromatic rings. The Morgan fingerprint density at radius 2 is 1.88 bits per heavy atom. The first-order valence-electron chi connectivity index (χ1n) is 8.89. The van der Waals surface area contributed by atoms with E-state index in [1.807, 2.05) is 21.1 Å². The lowest BCUT2D eigenvalue weighted by Crippen LogP contribution is -2.64. The summed E-state index contributed by atoms with van der Waals surface area (Å²) >= 11 is 0. The normalized spacial score (nSPS) is 24.1. The van der Waals surface area contributed by atoms with Crippen LogP contribution in [-0.4, -0.2) is 99.1 Å². The number of amides is 2. The largest absolute Gasteiger partial charge is 0.381 e. The van der Waals surface area contributed by atoms with Crippen LogP contribution in [0.25, 0.3) is 0 Å². The van der Waals surface area contributed by atoms with Crippen LogP contribution in [0.3, 0.4) is 0 Å². The van der Waals surface area contributed by atoms with Crippen LogP contribution >= 0.6 is 0 Å². The van der Waals surface area contributed by atoms with Crippen molar-refractivity contribution in [3.63, 3.8) is 0 Å². The summed E-state index contributed by atoms with van der Waals surface area (Å²) in [4.78, 5) is 31.7. The molecule has 0 bridgehead atoms. The molecule has 0 radical (unpaired) electrons. The summed E-state index contributed by atoms with van der Waals surface area (Å²) in [6, 6.07) is -0.201. The summed E-state index contributed by atoms with van der Waals surface area (Å²) in [5.41, 5.74) is -0.605. The van der Waals surface area contributed by atoms with Crippen LogP contribution in [0.1, 0.15) is 25.7 Å². The maximum Gasteiger partial charge on any atom is 0.240 e. The molecule has 2 rings (SSSR count). The molecule has 2 aliphatic heterocycles. The molecule has 2 aliphatic rings. The zero-order valence-corrected chi connectivity index (χ0v) is 15.5. The Hall–Kier alpha value is -1.18. The van der Waals surface area contributed by atoms with Crippen molar-refractivity contribution >= 4 is 11.8 Å². The first-order valence-corrected chi connectivity index (χ1v) is 8.89. The fourth-order valence-electron chi connectivity index (χ4n) is 3.84. The number of nitrogens with zero attached hydrogens (tertiary/aromatic N) is 3. The van der Waals surface area contributed by atoms with Crippen molar-refractivity contribution in [2.24, 2.45) is 0 Å². The summed E-state index contributed by atoms with van der Waals surface area (Å²) in [6.45, 7) is 3.48. The lowest BCUT2D eigenvalue weighted by Gasteiger charge is -2.45. The van der Waals surface area contributed by atoms with E-state index >= 15 is 0 Å². The number of likely N-dealkylation sites (N-methyl/N-ethyl adjacent to an activating group) is 3. The molecular weight excluding hydrogens is 308 g/mol. The third kappa shape index (κ3) is 3.90. The summed E-state index contributed by atoms with van der Waals surface area (Å²) in [5.74, 6) is 0.144. The minimum atomic E-state index is -0.605. The van der Waals surface area contributed by atoms with Crippen molar-refractivity contribution in [2.75, 3.05) is 61.0 Å². The SMILES string of the molecule is CNC(=O)C1(N2CCCC2C(=O)N(C)CCN(C)C)CCOCC1. The molecule has 24 heavy (non-hydrogen) atoms. The Labute approximate surface area is 145 Å². The second-order valence-electron chi connectivity index (χ2n) is 7.14. The molecule has 1 atom stereocenters. The van der Waals surface area contributed by atoms with Gasteiger partial charge in [0.1, 0.15) is 5.54 Å². The summed E-state index contributed by atoms with van der Waals surface area (Å²) in [5, 5.41) is 2.81. The average Bonchev–Trinajstić information content (AvgIpc) is 3.08. The van der Waals surface area contributed by atoms with E-state index in [2.05, 4.69) is 15.1 Å². The number of hydrogen-bond donors (Lipinski definition) is 1. The smallest absolute Gasteiger partial charge is 0.240 e. The van der Waals surface area contributed by atoms with E-state index in [0.717, 1.165) is 25.9 Å². The molecule has 1 unspecified atom stereocenters. The van der Waals surface area contributed by atoms with Crippen molar-refractivity contribution < 1.29 is 14.3 Å². The molecule has 0 aromatic carbocycles. The molecule has 2 saturated heterocycles. The van der Waals surface area contributed by atoms with Crippen molar-refractivity contribution in [3.8, 4) is 0 Å². The standard InChI is InChI=1S/C17H32N4O3/c1-18-16(23)17(7-12-24-13-8-17)21-9-5-6-14(21)15(22)20(4)11-10-19(2)3/h14H,5-13H2,1-4H3,(H,18,23). The quantitative estimate of drug-likeness (QED) is 0.723. The van der Waals surface area contributed by atoms with Gasteiger partial charge in [-0.15, -0.1) is 0 Å².